The average molecular weight is 328 g/mol. The van der Waals surface area contributed by atoms with E-state index in [1.807, 2.05) is 6.07 Å². The smallest absolute Gasteiger partial charge is 0.121 e. The maximum Gasteiger partial charge on any atom is 0.121 e. The third-order valence-corrected chi connectivity index (χ3v) is 5.26. The van der Waals surface area contributed by atoms with Gasteiger partial charge in [0.1, 0.15) is 11.9 Å². The Morgan fingerprint density at radius 1 is 0.913 bits per heavy atom. The van der Waals surface area contributed by atoms with Crippen molar-refractivity contribution in [1.82, 2.24) is 0 Å². The largest absolute Gasteiger partial charge is 0.486 e. The fourth-order valence-corrected chi connectivity index (χ4v) is 4.12. The van der Waals surface area contributed by atoms with Gasteiger partial charge in [-0.3, -0.25) is 0 Å². The number of hydrogen-bond donors (Lipinski definition) is 0. The fourth-order valence-electron chi connectivity index (χ4n) is 2.77. The van der Waals surface area contributed by atoms with Gasteiger partial charge in [0.2, 0.25) is 0 Å². The SMILES string of the molecule is CPC(CC(C)(C)C)c1ccc(OC(C)c2ccccc2)cc1. The van der Waals surface area contributed by atoms with Crippen LogP contribution < -0.4 is 4.74 Å². The van der Waals surface area contributed by atoms with Gasteiger partial charge in [-0.2, -0.15) is 0 Å². The zero-order valence-corrected chi connectivity index (χ0v) is 16.0. The second kappa shape index (κ2) is 7.97. The van der Waals surface area contributed by atoms with E-state index in [1.165, 1.54) is 17.5 Å². The maximum absolute atomic E-state index is 6.07. The number of ether oxygens (including phenoxy) is 1. The van der Waals surface area contributed by atoms with Crippen molar-refractivity contribution in [1.29, 1.82) is 0 Å². The molecule has 0 amide bonds. The predicted molar refractivity (Wildman–Crippen MR) is 103 cm³/mol. The van der Waals surface area contributed by atoms with Crippen molar-refractivity contribution in [2.45, 2.75) is 45.9 Å². The van der Waals surface area contributed by atoms with Crippen molar-refractivity contribution < 1.29 is 4.74 Å². The Hall–Kier alpha value is -1.33. The highest BCUT2D eigenvalue weighted by Gasteiger charge is 2.19. The molecule has 0 aromatic heterocycles. The summed E-state index contributed by atoms with van der Waals surface area (Å²) >= 11 is 0. The van der Waals surface area contributed by atoms with Gasteiger partial charge in [0.05, 0.1) is 0 Å². The van der Waals surface area contributed by atoms with Gasteiger partial charge < -0.3 is 4.74 Å². The van der Waals surface area contributed by atoms with Gasteiger partial charge in [0.15, 0.2) is 0 Å². The summed E-state index contributed by atoms with van der Waals surface area (Å²) < 4.78 is 6.07. The normalized spacial score (nSPS) is 14.8. The van der Waals surface area contributed by atoms with Crippen LogP contribution >= 0.6 is 8.58 Å². The standard InChI is InChI=1S/C21H29OP/c1-16(17-9-7-6-8-10-17)22-19-13-11-18(12-14-19)20(23-5)15-21(2,3)4/h6-14,16,20,23H,15H2,1-5H3. The van der Waals surface area contributed by atoms with Crippen LogP contribution in [0.1, 0.15) is 57.0 Å². The molecule has 0 spiro atoms. The molecule has 0 fully saturated rings. The molecule has 0 aliphatic rings. The van der Waals surface area contributed by atoms with Crippen LogP contribution in [0.2, 0.25) is 0 Å². The fraction of sp³-hybridized carbons (Fsp3) is 0.429. The Morgan fingerprint density at radius 3 is 2.04 bits per heavy atom. The summed E-state index contributed by atoms with van der Waals surface area (Å²) in [4.78, 5) is 0. The maximum atomic E-state index is 6.07. The molecule has 3 atom stereocenters. The van der Waals surface area contributed by atoms with Crippen molar-refractivity contribution in [2.24, 2.45) is 5.41 Å². The molecule has 2 aromatic carbocycles. The molecule has 0 saturated heterocycles. The highest BCUT2D eigenvalue weighted by atomic mass is 31.1. The minimum Gasteiger partial charge on any atom is -0.486 e. The van der Waals surface area contributed by atoms with Crippen molar-refractivity contribution in [2.75, 3.05) is 6.66 Å². The first-order valence-electron chi connectivity index (χ1n) is 8.38. The zero-order chi connectivity index (χ0) is 16.9. The molecule has 124 valence electrons. The van der Waals surface area contributed by atoms with E-state index < -0.39 is 0 Å². The minimum atomic E-state index is 0.0699. The molecule has 2 aromatic rings. The van der Waals surface area contributed by atoms with E-state index in [1.54, 1.807) is 0 Å². The predicted octanol–water partition coefficient (Wildman–Crippen LogP) is 6.61. The quantitative estimate of drug-likeness (QED) is 0.542. The molecule has 1 nitrogen and oxygen atoms in total. The lowest BCUT2D eigenvalue weighted by atomic mass is 9.88. The van der Waals surface area contributed by atoms with Gasteiger partial charge in [-0.15, -0.1) is 8.58 Å². The van der Waals surface area contributed by atoms with Crippen LogP contribution in [0.4, 0.5) is 0 Å². The Bertz CT molecular complexity index is 583. The monoisotopic (exact) mass is 328 g/mol. The van der Waals surface area contributed by atoms with Crippen LogP contribution in [-0.2, 0) is 0 Å². The van der Waals surface area contributed by atoms with Gasteiger partial charge in [0, 0.05) is 5.66 Å². The van der Waals surface area contributed by atoms with Gasteiger partial charge in [-0.1, -0.05) is 63.2 Å². The highest BCUT2D eigenvalue weighted by molar-refractivity contribution is 7.37. The number of benzene rings is 2. The van der Waals surface area contributed by atoms with Gasteiger partial charge in [0.25, 0.3) is 0 Å². The summed E-state index contributed by atoms with van der Waals surface area (Å²) in [6, 6.07) is 19.1. The van der Waals surface area contributed by atoms with Gasteiger partial charge in [-0.05, 0) is 48.7 Å². The molecule has 0 radical (unpaired) electrons. The Balaban J connectivity index is 2.04. The first-order chi connectivity index (χ1) is 10.9. The first-order valence-corrected chi connectivity index (χ1v) is 9.95. The second-order valence-electron chi connectivity index (χ2n) is 7.35. The Labute approximate surface area is 143 Å². The summed E-state index contributed by atoms with van der Waals surface area (Å²) in [6.07, 6.45) is 1.29. The van der Waals surface area contributed by atoms with E-state index in [2.05, 4.69) is 82.9 Å². The first kappa shape index (κ1) is 18.0. The minimum absolute atomic E-state index is 0.0699. The van der Waals surface area contributed by atoms with Crippen LogP contribution in [0.15, 0.2) is 54.6 Å². The van der Waals surface area contributed by atoms with E-state index in [9.17, 15) is 0 Å². The summed E-state index contributed by atoms with van der Waals surface area (Å²) in [6.45, 7) is 11.4. The van der Waals surface area contributed by atoms with E-state index >= 15 is 0 Å². The van der Waals surface area contributed by atoms with Gasteiger partial charge in [-0.25, -0.2) is 0 Å². The van der Waals surface area contributed by atoms with Crippen molar-refractivity contribution in [3.63, 3.8) is 0 Å². The third-order valence-electron chi connectivity index (χ3n) is 4.03. The van der Waals surface area contributed by atoms with Crippen LogP contribution in [-0.4, -0.2) is 6.66 Å². The Morgan fingerprint density at radius 2 is 1.52 bits per heavy atom. The molecular formula is C21H29OP. The third kappa shape index (κ3) is 5.66. The molecule has 0 aliphatic heterocycles. The summed E-state index contributed by atoms with van der Waals surface area (Å²) in [5.41, 5.74) is 3.65. The molecule has 0 saturated carbocycles. The topological polar surface area (TPSA) is 9.23 Å². The molecule has 0 aliphatic carbocycles. The lowest BCUT2D eigenvalue weighted by Crippen LogP contribution is -2.09. The van der Waals surface area contributed by atoms with E-state index in [0.29, 0.717) is 11.1 Å². The molecule has 23 heavy (non-hydrogen) atoms. The average Bonchev–Trinajstić information content (AvgIpc) is 2.53. The van der Waals surface area contributed by atoms with E-state index in [-0.39, 0.29) is 6.10 Å². The Kier molecular flexibility index (Phi) is 6.25. The molecule has 3 unspecified atom stereocenters. The van der Waals surface area contributed by atoms with Crippen molar-refractivity contribution >= 4 is 8.58 Å². The van der Waals surface area contributed by atoms with Crippen LogP contribution in [0.25, 0.3) is 0 Å². The van der Waals surface area contributed by atoms with Gasteiger partial charge >= 0.3 is 0 Å². The summed E-state index contributed by atoms with van der Waals surface area (Å²) in [5.74, 6) is 0.944. The highest BCUT2D eigenvalue weighted by Crippen LogP contribution is 2.41. The van der Waals surface area contributed by atoms with Crippen molar-refractivity contribution in [3.8, 4) is 5.75 Å². The summed E-state index contributed by atoms with van der Waals surface area (Å²) in [5, 5.41) is 0. The van der Waals surface area contributed by atoms with Crippen molar-refractivity contribution in [3.05, 3.63) is 65.7 Å². The molecule has 2 rings (SSSR count). The zero-order valence-electron chi connectivity index (χ0n) is 15.0. The lowest BCUT2D eigenvalue weighted by molar-refractivity contribution is 0.227. The number of hydrogen-bond acceptors (Lipinski definition) is 1. The van der Waals surface area contributed by atoms with E-state index in [0.717, 1.165) is 14.3 Å². The molecule has 0 N–H and O–H groups in total. The molecular weight excluding hydrogens is 299 g/mol. The van der Waals surface area contributed by atoms with Crippen LogP contribution in [0.3, 0.4) is 0 Å². The second-order valence-corrected chi connectivity index (χ2v) is 8.62. The van der Waals surface area contributed by atoms with E-state index in [4.69, 9.17) is 4.74 Å². The molecule has 0 bridgehead atoms. The number of rotatable bonds is 6. The molecule has 0 heterocycles. The summed E-state index contributed by atoms with van der Waals surface area (Å²) in [7, 11) is 0.929. The lowest BCUT2D eigenvalue weighted by Gasteiger charge is -2.25. The van der Waals surface area contributed by atoms with Crippen LogP contribution in [0, 0.1) is 5.41 Å². The van der Waals surface area contributed by atoms with Crippen LogP contribution in [0.5, 0.6) is 5.75 Å². The molecule has 2 heteroatoms.